The SMILES string of the molecule is COc1ccc(NC(N)=NCc2ccccc2CN2CCCC2=O)cc1. The van der Waals surface area contributed by atoms with Crippen LogP contribution in [0.1, 0.15) is 24.0 Å². The van der Waals surface area contributed by atoms with Gasteiger partial charge in [-0.05, 0) is 41.8 Å². The van der Waals surface area contributed by atoms with Gasteiger partial charge in [0.05, 0.1) is 13.7 Å². The molecule has 2 aromatic carbocycles. The van der Waals surface area contributed by atoms with Gasteiger partial charge in [0.1, 0.15) is 5.75 Å². The van der Waals surface area contributed by atoms with Crippen molar-refractivity contribution in [2.75, 3.05) is 19.0 Å². The fraction of sp³-hybridized carbons (Fsp3) is 0.300. The van der Waals surface area contributed by atoms with Crippen molar-refractivity contribution in [3.05, 3.63) is 59.7 Å². The van der Waals surface area contributed by atoms with Crippen LogP contribution in [0.25, 0.3) is 0 Å². The van der Waals surface area contributed by atoms with E-state index in [9.17, 15) is 4.79 Å². The Bertz CT molecular complexity index is 787. The van der Waals surface area contributed by atoms with E-state index in [1.165, 1.54) is 0 Å². The zero-order valence-electron chi connectivity index (χ0n) is 14.9. The number of nitrogens with two attached hydrogens (primary N) is 1. The maximum absolute atomic E-state index is 11.9. The lowest BCUT2D eigenvalue weighted by molar-refractivity contribution is -0.128. The fourth-order valence-corrected chi connectivity index (χ4v) is 2.97. The van der Waals surface area contributed by atoms with Crippen molar-refractivity contribution >= 4 is 17.6 Å². The summed E-state index contributed by atoms with van der Waals surface area (Å²) in [4.78, 5) is 18.2. The third kappa shape index (κ3) is 4.53. The molecule has 1 saturated heterocycles. The van der Waals surface area contributed by atoms with Gasteiger partial charge < -0.3 is 20.7 Å². The number of rotatable bonds is 6. The Balaban J connectivity index is 1.64. The van der Waals surface area contributed by atoms with Crippen molar-refractivity contribution in [2.45, 2.75) is 25.9 Å². The lowest BCUT2D eigenvalue weighted by Gasteiger charge is -2.17. The minimum Gasteiger partial charge on any atom is -0.497 e. The van der Waals surface area contributed by atoms with E-state index in [1.807, 2.05) is 53.4 Å². The smallest absolute Gasteiger partial charge is 0.222 e. The molecule has 0 spiro atoms. The van der Waals surface area contributed by atoms with Gasteiger partial charge in [0, 0.05) is 25.2 Å². The summed E-state index contributed by atoms with van der Waals surface area (Å²) < 4.78 is 5.14. The molecule has 2 aromatic rings. The molecule has 0 radical (unpaired) electrons. The zero-order valence-corrected chi connectivity index (χ0v) is 14.9. The molecule has 6 nitrogen and oxygen atoms in total. The number of amides is 1. The van der Waals surface area contributed by atoms with E-state index >= 15 is 0 Å². The summed E-state index contributed by atoms with van der Waals surface area (Å²) in [5, 5.41) is 3.07. The zero-order chi connectivity index (χ0) is 18.4. The number of hydrogen-bond acceptors (Lipinski definition) is 3. The molecule has 3 N–H and O–H groups in total. The highest BCUT2D eigenvalue weighted by atomic mass is 16.5. The molecule has 0 bridgehead atoms. The highest BCUT2D eigenvalue weighted by Gasteiger charge is 2.20. The van der Waals surface area contributed by atoms with Gasteiger partial charge in [0.25, 0.3) is 0 Å². The number of likely N-dealkylation sites (tertiary alicyclic amines) is 1. The Hall–Kier alpha value is -3.02. The summed E-state index contributed by atoms with van der Waals surface area (Å²) in [5.74, 6) is 1.36. The molecular formula is C20H24N4O2. The topological polar surface area (TPSA) is 80.0 Å². The molecule has 136 valence electrons. The molecule has 26 heavy (non-hydrogen) atoms. The number of ether oxygens (including phenoxy) is 1. The van der Waals surface area contributed by atoms with Crippen LogP contribution in [0.15, 0.2) is 53.5 Å². The summed E-state index contributed by atoms with van der Waals surface area (Å²) in [6.45, 7) is 1.93. The average Bonchev–Trinajstić information content (AvgIpc) is 3.06. The van der Waals surface area contributed by atoms with Crippen LogP contribution >= 0.6 is 0 Å². The lowest BCUT2D eigenvalue weighted by atomic mass is 10.1. The first-order chi connectivity index (χ1) is 12.7. The standard InChI is InChI=1S/C20H24N4O2/c1-26-18-10-8-17(9-11-18)23-20(21)22-13-15-5-2-3-6-16(15)14-24-12-4-7-19(24)25/h2-3,5-6,8-11H,4,7,12-14H2,1H3,(H3,21,22,23). The van der Waals surface area contributed by atoms with Gasteiger partial charge in [-0.1, -0.05) is 24.3 Å². The number of hydrogen-bond donors (Lipinski definition) is 2. The van der Waals surface area contributed by atoms with E-state index in [1.54, 1.807) is 7.11 Å². The van der Waals surface area contributed by atoms with E-state index < -0.39 is 0 Å². The van der Waals surface area contributed by atoms with Crippen LogP contribution in [-0.2, 0) is 17.9 Å². The number of anilines is 1. The molecule has 0 aromatic heterocycles. The molecule has 0 aliphatic carbocycles. The van der Waals surface area contributed by atoms with Crippen molar-refractivity contribution in [1.29, 1.82) is 0 Å². The number of nitrogens with one attached hydrogen (secondary N) is 1. The quantitative estimate of drug-likeness (QED) is 0.619. The van der Waals surface area contributed by atoms with Crippen LogP contribution < -0.4 is 15.8 Å². The van der Waals surface area contributed by atoms with E-state index in [0.29, 0.717) is 25.5 Å². The van der Waals surface area contributed by atoms with Crippen molar-refractivity contribution in [3.63, 3.8) is 0 Å². The molecule has 1 heterocycles. The largest absolute Gasteiger partial charge is 0.497 e. The maximum Gasteiger partial charge on any atom is 0.222 e. The van der Waals surface area contributed by atoms with Crippen molar-refractivity contribution in [1.82, 2.24) is 4.90 Å². The number of aliphatic imine (C=N–C) groups is 1. The van der Waals surface area contributed by atoms with Gasteiger partial charge in [-0.25, -0.2) is 4.99 Å². The molecular weight excluding hydrogens is 328 g/mol. The summed E-state index contributed by atoms with van der Waals surface area (Å²) in [6, 6.07) is 15.5. The first-order valence-corrected chi connectivity index (χ1v) is 8.71. The molecule has 1 aliphatic rings. The Morgan fingerprint density at radius 3 is 2.58 bits per heavy atom. The molecule has 0 atom stereocenters. The van der Waals surface area contributed by atoms with Gasteiger partial charge in [-0.2, -0.15) is 0 Å². The average molecular weight is 352 g/mol. The van der Waals surface area contributed by atoms with Gasteiger partial charge in [-0.3, -0.25) is 4.79 Å². The highest BCUT2D eigenvalue weighted by Crippen LogP contribution is 2.18. The first-order valence-electron chi connectivity index (χ1n) is 8.71. The Morgan fingerprint density at radius 2 is 1.92 bits per heavy atom. The molecule has 1 aliphatic heterocycles. The van der Waals surface area contributed by atoms with Crippen molar-refractivity contribution in [2.24, 2.45) is 10.7 Å². The minimum atomic E-state index is 0.226. The molecule has 0 saturated carbocycles. The Labute approximate surface area is 153 Å². The van der Waals surface area contributed by atoms with Crippen LogP contribution in [0.2, 0.25) is 0 Å². The monoisotopic (exact) mass is 352 g/mol. The molecule has 1 fully saturated rings. The summed E-state index contributed by atoms with van der Waals surface area (Å²) >= 11 is 0. The first kappa shape index (κ1) is 17.8. The molecule has 0 unspecified atom stereocenters. The Kier molecular flexibility index (Phi) is 5.73. The normalized spacial score (nSPS) is 14.6. The van der Waals surface area contributed by atoms with Crippen molar-refractivity contribution < 1.29 is 9.53 Å². The summed E-state index contributed by atoms with van der Waals surface area (Å²) in [6.07, 6.45) is 1.59. The molecule has 6 heteroatoms. The van der Waals surface area contributed by atoms with E-state index in [-0.39, 0.29) is 5.91 Å². The number of carbonyl (C=O) groups excluding carboxylic acids is 1. The minimum absolute atomic E-state index is 0.226. The number of guanidine groups is 1. The van der Waals surface area contributed by atoms with Gasteiger partial charge in [0.15, 0.2) is 5.96 Å². The molecule has 1 amide bonds. The predicted molar refractivity (Wildman–Crippen MR) is 103 cm³/mol. The highest BCUT2D eigenvalue weighted by molar-refractivity contribution is 5.92. The second-order valence-electron chi connectivity index (χ2n) is 6.24. The lowest BCUT2D eigenvalue weighted by Crippen LogP contribution is -2.25. The van der Waals surface area contributed by atoms with E-state index in [4.69, 9.17) is 10.5 Å². The Morgan fingerprint density at radius 1 is 1.19 bits per heavy atom. The second-order valence-corrected chi connectivity index (χ2v) is 6.24. The third-order valence-electron chi connectivity index (χ3n) is 4.43. The number of methoxy groups -OCH3 is 1. The van der Waals surface area contributed by atoms with E-state index in [2.05, 4.69) is 10.3 Å². The number of benzene rings is 2. The van der Waals surface area contributed by atoms with Crippen molar-refractivity contribution in [3.8, 4) is 5.75 Å². The summed E-state index contributed by atoms with van der Waals surface area (Å²) in [5.41, 5.74) is 9.04. The van der Waals surface area contributed by atoms with Gasteiger partial charge >= 0.3 is 0 Å². The van der Waals surface area contributed by atoms with Crippen LogP contribution in [-0.4, -0.2) is 30.4 Å². The second kappa shape index (κ2) is 8.38. The van der Waals surface area contributed by atoms with Crippen LogP contribution in [0.4, 0.5) is 5.69 Å². The van der Waals surface area contributed by atoms with Crippen LogP contribution in [0, 0.1) is 0 Å². The van der Waals surface area contributed by atoms with Gasteiger partial charge in [0.2, 0.25) is 5.91 Å². The fourth-order valence-electron chi connectivity index (χ4n) is 2.97. The number of carbonyl (C=O) groups is 1. The van der Waals surface area contributed by atoms with Crippen LogP contribution in [0.3, 0.4) is 0 Å². The maximum atomic E-state index is 11.9. The number of nitrogens with zero attached hydrogens (tertiary/aromatic N) is 2. The van der Waals surface area contributed by atoms with Gasteiger partial charge in [-0.15, -0.1) is 0 Å². The molecule has 3 rings (SSSR count). The van der Waals surface area contributed by atoms with E-state index in [0.717, 1.165) is 35.5 Å². The predicted octanol–water partition coefficient (Wildman–Crippen LogP) is 2.74. The third-order valence-corrected chi connectivity index (χ3v) is 4.43. The summed E-state index contributed by atoms with van der Waals surface area (Å²) in [7, 11) is 1.63. The van der Waals surface area contributed by atoms with Crippen LogP contribution in [0.5, 0.6) is 5.75 Å².